The van der Waals surface area contributed by atoms with Gasteiger partial charge in [0.05, 0.1) is 13.2 Å². The molecule has 1 unspecified atom stereocenters. The number of carbonyl (C=O) groups is 1. The quantitative estimate of drug-likeness (QED) is 0.641. The summed E-state index contributed by atoms with van der Waals surface area (Å²) in [5, 5.41) is 11.7. The van der Waals surface area contributed by atoms with Gasteiger partial charge in [-0.2, -0.15) is 0 Å². The zero-order valence-corrected chi connectivity index (χ0v) is 9.58. The monoisotopic (exact) mass is 202 g/mol. The molecule has 0 fully saturated rings. The Labute approximate surface area is 86.3 Å². The van der Waals surface area contributed by atoms with Crippen molar-refractivity contribution < 1.29 is 9.90 Å². The smallest absolute Gasteiger partial charge is 0.234 e. The maximum Gasteiger partial charge on any atom is 0.234 e. The van der Waals surface area contributed by atoms with Crippen molar-refractivity contribution in [1.82, 2.24) is 10.2 Å². The van der Waals surface area contributed by atoms with Gasteiger partial charge in [-0.05, 0) is 19.9 Å². The molecule has 0 aromatic rings. The van der Waals surface area contributed by atoms with E-state index in [1.54, 1.807) is 0 Å². The Morgan fingerprint density at radius 3 is 2.43 bits per heavy atom. The lowest BCUT2D eigenvalue weighted by molar-refractivity contribution is -0.122. The van der Waals surface area contributed by atoms with Gasteiger partial charge in [0.2, 0.25) is 5.91 Å². The summed E-state index contributed by atoms with van der Waals surface area (Å²) in [5.41, 5.74) is 0. The van der Waals surface area contributed by atoms with E-state index in [2.05, 4.69) is 19.2 Å². The molecule has 0 aliphatic heterocycles. The Balaban J connectivity index is 3.71. The van der Waals surface area contributed by atoms with E-state index in [4.69, 9.17) is 5.11 Å². The molecule has 84 valence electrons. The van der Waals surface area contributed by atoms with Crippen LogP contribution >= 0.6 is 0 Å². The number of nitrogens with zero attached hydrogens (tertiary/aromatic N) is 1. The molecule has 0 saturated heterocycles. The van der Waals surface area contributed by atoms with Crippen molar-refractivity contribution in [3.63, 3.8) is 0 Å². The zero-order valence-electron chi connectivity index (χ0n) is 9.58. The van der Waals surface area contributed by atoms with Crippen LogP contribution in [0, 0.1) is 5.92 Å². The molecule has 14 heavy (non-hydrogen) atoms. The van der Waals surface area contributed by atoms with Crippen molar-refractivity contribution in [3.05, 3.63) is 0 Å². The molecule has 0 aromatic carbocycles. The molecule has 0 radical (unpaired) electrons. The molecule has 1 amide bonds. The van der Waals surface area contributed by atoms with Crippen LogP contribution in [0.15, 0.2) is 0 Å². The van der Waals surface area contributed by atoms with Gasteiger partial charge in [-0.25, -0.2) is 0 Å². The predicted octanol–water partition coefficient (Wildman–Crippen LogP) is 0.0712. The van der Waals surface area contributed by atoms with Gasteiger partial charge in [0.25, 0.3) is 0 Å². The van der Waals surface area contributed by atoms with E-state index >= 15 is 0 Å². The van der Waals surface area contributed by atoms with E-state index in [1.165, 1.54) is 0 Å². The topological polar surface area (TPSA) is 52.6 Å². The minimum Gasteiger partial charge on any atom is -0.395 e. The van der Waals surface area contributed by atoms with E-state index in [1.807, 2.05) is 18.9 Å². The fraction of sp³-hybridized carbons (Fsp3) is 0.900. The van der Waals surface area contributed by atoms with Gasteiger partial charge >= 0.3 is 0 Å². The van der Waals surface area contributed by atoms with Gasteiger partial charge in [0, 0.05) is 12.6 Å². The number of rotatable bonds is 6. The second kappa shape index (κ2) is 6.79. The molecule has 0 spiro atoms. The summed E-state index contributed by atoms with van der Waals surface area (Å²) in [7, 11) is 1.83. The van der Waals surface area contributed by atoms with E-state index in [0.717, 1.165) is 0 Å². The first kappa shape index (κ1) is 13.4. The molecule has 0 heterocycles. The Bertz CT molecular complexity index is 172. The molecule has 0 aromatic heterocycles. The number of amides is 1. The first-order valence-electron chi connectivity index (χ1n) is 5.05. The number of hydrogen-bond donors (Lipinski definition) is 2. The van der Waals surface area contributed by atoms with E-state index in [-0.39, 0.29) is 18.6 Å². The number of likely N-dealkylation sites (N-methyl/N-ethyl adjacent to an activating group) is 1. The maximum absolute atomic E-state index is 11.3. The van der Waals surface area contributed by atoms with Crippen molar-refractivity contribution in [2.45, 2.75) is 26.8 Å². The number of aliphatic hydroxyl groups is 1. The molecular formula is C10H22N2O2. The summed E-state index contributed by atoms with van der Waals surface area (Å²) in [6.45, 7) is 7.12. The molecule has 4 nitrogen and oxygen atoms in total. The average molecular weight is 202 g/mol. The second-order valence-electron chi connectivity index (χ2n) is 4.14. The first-order valence-corrected chi connectivity index (χ1v) is 5.05. The van der Waals surface area contributed by atoms with Gasteiger partial charge in [-0.3, -0.25) is 9.69 Å². The summed E-state index contributed by atoms with van der Waals surface area (Å²) in [5.74, 6) is 0.487. The largest absolute Gasteiger partial charge is 0.395 e. The SMILES string of the molecule is CC(C)CNC(=O)CN(C)C(C)CO. The van der Waals surface area contributed by atoms with Gasteiger partial charge in [-0.15, -0.1) is 0 Å². The lowest BCUT2D eigenvalue weighted by Crippen LogP contribution is -2.41. The number of hydrogen-bond acceptors (Lipinski definition) is 3. The maximum atomic E-state index is 11.3. The van der Waals surface area contributed by atoms with E-state index < -0.39 is 0 Å². The van der Waals surface area contributed by atoms with E-state index in [9.17, 15) is 4.79 Å². The Morgan fingerprint density at radius 1 is 1.43 bits per heavy atom. The predicted molar refractivity (Wildman–Crippen MR) is 57.0 cm³/mol. The number of nitrogens with one attached hydrogen (secondary N) is 1. The minimum atomic E-state index is 0.0153. The first-order chi connectivity index (χ1) is 6.47. The fourth-order valence-electron chi connectivity index (χ4n) is 0.896. The van der Waals surface area contributed by atoms with E-state index in [0.29, 0.717) is 19.0 Å². The fourth-order valence-corrected chi connectivity index (χ4v) is 0.896. The lowest BCUT2D eigenvalue weighted by atomic mass is 10.2. The van der Waals surface area contributed by atoms with Gasteiger partial charge in [0.15, 0.2) is 0 Å². The average Bonchev–Trinajstić information content (AvgIpc) is 2.13. The van der Waals surface area contributed by atoms with Crippen molar-refractivity contribution in [2.75, 3.05) is 26.7 Å². The van der Waals surface area contributed by atoms with Crippen LogP contribution in [-0.4, -0.2) is 48.7 Å². The Morgan fingerprint density at radius 2 is 2.00 bits per heavy atom. The summed E-state index contributed by atoms with van der Waals surface area (Å²) in [6.07, 6.45) is 0. The van der Waals surface area contributed by atoms with Crippen LogP contribution in [0.5, 0.6) is 0 Å². The molecular weight excluding hydrogens is 180 g/mol. The van der Waals surface area contributed by atoms with Crippen LogP contribution < -0.4 is 5.32 Å². The van der Waals surface area contributed by atoms with Crippen molar-refractivity contribution in [1.29, 1.82) is 0 Å². The normalized spacial score (nSPS) is 13.4. The molecule has 0 bridgehead atoms. The van der Waals surface area contributed by atoms with Crippen molar-refractivity contribution in [2.24, 2.45) is 5.92 Å². The summed E-state index contributed by atoms with van der Waals surface area (Å²) < 4.78 is 0. The molecule has 0 saturated carbocycles. The van der Waals surface area contributed by atoms with Crippen molar-refractivity contribution >= 4 is 5.91 Å². The van der Waals surface area contributed by atoms with Crippen LogP contribution in [0.3, 0.4) is 0 Å². The molecule has 0 aliphatic rings. The highest BCUT2D eigenvalue weighted by Crippen LogP contribution is 1.93. The standard InChI is InChI=1S/C10H22N2O2/c1-8(2)5-11-10(14)6-12(4)9(3)7-13/h8-9,13H,5-7H2,1-4H3,(H,11,14). The molecule has 1 atom stereocenters. The Hall–Kier alpha value is -0.610. The third-order valence-corrected chi connectivity index (χ3v) is 2.12. The molecule has 0 rings (SSSR count). The van der Waals surface area contributed by atoms with Crippen LogP contribution in [0.4, 0.5) is 0 Å². The van der Waals surface area contributed by atoms with Crippen molar-refractivity contribution in [3.8, 4) is 0 Å². The summed E-state index contributed by atoms with van der Waals surface area (Å²) in [6, 6.07) is 0.0276. The second-order valence-corrected chi connectivity index (χ2v) is 4.14. The third kappa shape index (κ3) is 5.94. The van der Waals surface area contributed by atoms with Gasteiger partial charge in [-0.1, -0.05) is 13.8 Å². The van der Waals surface area contributed by atoms with Crippen LogP contribution in [0.25, 0.3) is 0 Å². The molecule has 4 heteroatoms. The molecule has 2 N–H and O–H groups in total. The summed E-state index contributed by atoms with van der Waals surface area (Å²) >= 11 is 0. The number of aliphatic hydroxyl groups excluding tert-OH is 1. The third-order valence-electron chi connectivity index (χ3n) is 2.12. The van der Waals surface area contributed by atoms with Crippen LogP contribution in [-0.2, 0) is 4.79 Å². The minimum absolute atomic E-state index is 0.0153. The number of carbonyl (C=O) groups excluding carboxylic acids is 1. The summed E-state index contributed by atoms with van der Waals surface area (Å²) in [4.78, 5) is 13.2. The Kier molecular flexibility index (Phi) is 6.49. The van der Waals surface area contributed by atoms with Gasteiger partial charge in [0.1, 0.15) is 0 Å². The van der Waals surface area contributed by atoms with Gasteiger partial charge < -0.3 is 10.4 Å². The highest BCUT2D eigenvalue weighted by molar-refractivity contribution is 5.77. The highest BCUT2D eigenvalue weighted by atomic mass is 16.3. The van der Waals surface area contributed by atoms with Crippen LogP contribution in [0.2, 0.25) is 0 Å². The molecule has 0 aliphatic carbocycles. The highest BCUT2D eigenvalue weighted by Gasteiger charge is 2.11. The lowest BCUT2D eigenvalue weighted by Gasteiger charge is -2.22. The van der Waals surface area contributed by atoms with Crippen LogP contribution in [0.1, 0.15) is 20.8 Å². The zero-order chi connectivity index (χ0) is 11.1.